The second-order valence-electron chi connectivity index (χ2n) is 4.81. The minimum Gasteiger partial charge on any atom is -0.378 e. The van der Waals surface area contributed by atoms with Gasteiger partial charge in [-0.15, -0.1) is 0 Å². The van der Waals surface area contributed by atoms with Crippen molar-refractivity contribution in [3.63, 3.8) is 0 Å². The minimum atomic E-state index is -0.372. The van der Waals surface area contributed by atoms with E-state index < -0.39 is 0 Å². The Morgan fingerprint density at radius 2 is 1.81 bits per heavy atom. The second kappa shape index (κ2) is 3.70. The van der Waals surface area contributed by atoms with Crippen molar-refractivity contribution in [1.82, 2.24) is 0 Å². The topological polar surface area (TPSA) is 26.3 Å². The Hall–Kier alpha value is -1.15. The predicted molar refractivity (Wildman–Crippen MR) is 63.8 cm³/mol. The molecule has 0 N–H and O–H groups in total. The number of ether oxygens (including phenoxy) is 1. The second-order valence-corrected chi connectivity index (χ2v) is 4.81. The first-order valence-corrected chi connectivity index (χ1v) is 5.65. The molecule has 0 unspecified atom stereocenters. The average Bonchev–Trinajstić information content (AvgIpc) is 2.16. The lowest BCUT2D eigenvalue weighted by Gasteiger charge is -2.41. The van der Waals surface area contributed by atoms with E-state index in [0.717, 1.165) is 5.56 Å². The molecule has 0 atom stereocenters. The van der Waals surface area contributed by atoms with E-state index in [-0.39, 0.29) is 11.2 Å². The molecule has 0 saturated carbocycles. The number of rotatable bonds is 2. The first kappa shape index (κ1) is 11.3. The maximum Gasteiger partial charge on any atom is 0.145 e. The van der Waals surface area contributed by atoms with Crippen LogP contribution in [-0.2, 0) is 14.9 Å². The molecule has 0 aliphatic carbocycles. The van der Waals surface area contributed by atoms with Crippen LogP contribution in [0.4, 0.5) is 0 Å². The summed E-state index contributed by atoms with van der Waals surface area (Å²) < 4.78 is 5.26. The molecule has 0 bridgehead atoms. The van der Waals surface area contributed by atoms with Gasteiger partial charge in [-0.3, -0.25) is 4.79 Å². The molecular weight excluding hydrogens is 200 g/mol. The van der Waals surface area contributed by atoms with E-state index in [1.165, 1.54) is 16.7 Å². The van der Waals surface area contributed by atoms with Crippen molar-refractivity contribution in [2.45, 2.75) is 33.1 Å². The highest BCUT2D eigenvalue weighted by atomic mass is 16.5. The number of carbonyl (C=O) groups excluding carboxylic acids is 1. The van der Waals surface area contributed by atoms with Crippen LogP contribution in [0.3, 0.4) is 0 Å². The number of hydrogen-bond donors (Lipinski definition) is 0. The van der Waals surface area contributed by atoms with Crippen LogP contribution >= 0.6 is 0 Å². The number of hydrogen-bond acceptors (Lipinski definition) is 2. The van der Waals surface area contributed by atoms with E-state index in [2.05, 4.69) is 32.9 Å². The molecule has 1 fully saturated rings. The zero-order valence-corrected chi connectivity index (χ0v) is 10.4. The van der Waals surface area contributed by atoms with Gasteiger partial charge in [0, 0.05) is 0 Å². The smallest absolute Gasteiger partial charge is 0.145 e. The van der Waals surface area contributed by atoms with Gasteiger partial charge in [-0.25, -0.2) is 0 Å². The highest BCUT2D eigenvalue weighted by molar-refractivity contribution is 5.90. The van der Waals surface area contributed by atoms with Gasteiger partial charge >= 0.3 is 0 Å². The van der Waals surface area contributed by atoms with Crippen molar-refractivity contribution in [2.75, 3.05) is 13.2 Å². The number of benzene rings is 1. The molecule has 1 aromatic rings. The molecule has 1 aliphatic rings. The molecule has 0 amide bonds. The number of carbonyl (C=O) groups is 1. The lowest BCUT2D eigenvalue weighted by molar-refractivity contribution is -0.140. The third kappa shape index (κ3) is 1.40. The lowest BCUT2D eigenvalue weighted by atomic mass is 9.72. The van der Waals surface area contributed by atoms with Crippen LogP contribution in [0.15, 0.2) is 12.1 Å². The monoisotopic (exact) mass is 218 g/mol. The van der Waals surface area contributed by atoms with E-state index in [4.69, 9.17) is 4.74 Å². The van der Waals surface area contributed by atoms with Crippen LogP contribution < -0.4 is 0 Å². The van der Waals surface area contributed by atoms with E-state index in [0.29, 0.717) is 13.2 Å². The zero-order valence-electron chi connectivity index (χ0n) is 10.4. The molecule has 0 radical (unpaired) electrons. The fourth-order valence-electron chi connectivity index (χ4n) is 2.33. The van der Waals surface area contributed by atoms with E-state index in [9.17, 15) is 4.79 Å². The molecule has 0 spiro atoms. The van der Waals surface area contributed by atoms with Crippen LogP contribution in [0.5, 0.6) is 0 Å². The number of aryl methyl sites for hydroxylation is 1. The van der Waals surface area contributed by atoms with E-state index in [1.54, 1.807) is 6.92 Å². The Bertz CT molecular complexity index is 442. The molecule has 2 rings (SSSR count). The Morgan fingerprint density at radius 3 is 2.25 bits per heavy atom. The van der Waals surface area contributed by atoms with Crippen LogP contribution in [0, 0.1) is 20.8 Å². The van der Waals surface area contributed by atoms with E-state index >= 15 is 0 Å². The van der Waals surface area contributed by atoms with Crippen molar-refractivity contribution in [2.24, 2.45) is 0 Å². The Labute approximate surface area is 96.6 Å². The van der Waals surface area contributed by atoms with Crippen LogP contribution in [-0.4, -0.2) is 19.0 Å². The van der Waals surface area contributed by atoms with Gasteiger partial charge in [-0.2, -0.15) is 0 Å². The Kier molecular flexibility index (Phi) is 2.62. The van der Waals surface area contributed by atoms with Crippen molar-refractivity contribution >= 4 is 5.78 Å². The predicted octanol–water partition coefficient (Wildman–Crippen LogP) is 2.47. The molecule has 1 saturated heterocycles. The highest BCUT2D eigenvalue weighted by Crippen LogP contribution is 2.36. The van der Waals surface area contributed by atoms with Crippen molar-refractivity contribution < 1.29 is 9.53 Å². The summed E-state index contributed by atoms with van der Waals surface area (Å²) in [5.74, 6) is 0.213. The first-order valence-electron chi connectivity index (χ1n) is 5.65. The third-order valence-corrected chi connectivity index (χ3v) is 3.94. The van der Waals surface area contributed by atoms with Gasteiger partial charge in [0.2, 0.25) is 0 Å². The largest absolute Gasteiger partial charge is 0.378 e. The van der Waals surface area contributed by atoms with Crippen LogP contribution in [0.1, 0.15) is 29.2 Å². The van der Waals surface area contributed by atoms with Gasteiger partial charge in [-0.1, -0.05) is 12.1 Å². The summed E-state index contributed by atoms with van der Waals surface area (Å²) in [6, 6.07) is 4.18. The number of ketones is 1. The molecule has 1 aromatic carbocycles. The molecule has 16 heavy (non-hydrogen) atoms. The maximum absolute atomic E-state index is 11.8. The van der Waals surface area contributed by atoms with E-state index in [1.807, 2.05) is 0 Å². The Balaban J connectivity index is 2.56. The summed E-state index contributed by atoms with van der Waals surface area (Å²) in [5.41, 5.74) is 4.57. The first-order chi connectivity index (χ1) is 7.49. The maximum atomic E-state index is 11.8. The standard InChI is InChI=1S/C14H18O2/c1-9-5-6-13(11(3)10(9)2)14(12(4)15)7-16-8-14/h5-6H,7-8H2,1-4H3. The highest BCUT2D eigenvalue weighted by Gasteiger charge is 2.45. The SMILES string of the molecule is CC(=O)C1(c2ccc(C)c(C)c2C)COC1. The molecule has 86 valence electrons. The summed E-state index contributed by atoms with van der Waals surface area (Å²) in [7, 11) is 0. The fraction of sp³-hybridized carbons (Fsp3) is 0.500. The quantitative estimate of drug-likeness (QED) is 0.762. The molecule has 1 aliphatic heterocycles. The third-order valence-electron chi connectivity index (χ3n) is 3.94. The summed E-state index contributed by atoms with van der Waals surface area (Å²) >= 11 is 0. The summed E-state index contributed by atoms with van der Waals surface area (Å²) in [6.07, 6.45) is 0. The number of Topliss-reactive ketones (excluding diaryl/α,β-unsaturated/α-hetero) is 1. The molecule has 2 nitrogen and oxygen atoms in total. The van der Waals surface area contributed by atoms with Crippen LogP contribution in [0.2, 0.25) is 0 Å². The zero-order chi connectivity index (χ0) is 11.9. The van der Waals surface area contributed by atoms with Gasteiger partial charge in [0.15, 0.2) is 0 Å². The molecular formula is C14H18O2. The van der Waals surface area contributed by atoms with Crippen LogP contribution in [0.25, 0.3) is 0 Å². The van der Waals surface area contributed by atoms with Crippen molar-refractivity contribution in [3.8, 4) is 0 Å². The summed E-state index contributed by atoms with van der Waals surface area (Å²) in [6.45, 7) is 9.04. The van der Waals surface area contributed by atoms with Gasteiger partial charge < -0.3 is 4.74 Å². The van der Waals surface area contributed by atoms with Gasteiger partial charge in [-0.05, 0) is 49.9 Å². The van der Waals surface area contributed by atoms with Gasteiger partial charge in [0.1, 0.15) is 11.2 Å². The van der Waals surface area contributed by atoms with Crippen molar-refractivity contribution in [1.29, 1.82) is 0 Å². The Morgan fingerprint density at radius 1 is 1.19 bits per heavy atom. The fourth-order valence-corrected chi connectivity index (χ4v) is 2.33. The summed E-state index contributed by atoms with van der Waals surface area (Å²) in [5, 5.41) is 0. The average molecular weight is 218 g/mol. The minimum absolute atomic E-state index is 0.213. The molecule has 2 heteroatoms. The van der Waals surface area contributed by atoms with Gasteiger partial charge in [0.25, 0.3) is 0 Å². The van der Waals surface area contributed by atoms with Crippen molar-refractivity contribution in [3.05, 3.63) is 34.4 Å². The summed E-state index contributed by atoms with van der Waals surface area (Å²) in [4.78, 5) is 11.8. The molecule has 1 heterocycles. The normalized spacial score (nSPS) is 18.0. The molecule has 0 aromatic heterocycles. The van der Waals surface area contributed by atoms with Gasteiger partial charge in [0.05, 0.1) is 13.2 Å². The lowest BCUT2D eigenvalue weighted by Crippen LogP contribution is -2.52.